The molecule has 4 rings (SSSR count). The summed E-state index contributed by atoms with van der Waals surface area (Å²) in [5.74, 6) is -0.217. The number of rotatable bonds is 4. The molecule has 1 aliphatic carbocycles. The fraction of sp³-hybridized carbons (Fsp3) is 0.474. The summed E-state index contributed by atoms with van der Waals surface area (Å²) in [7, 11) is 3.05. The minimum absolute atomic E-state index is 0.0626. The SMILES string of the molecule is CN1C(=O)C2C(SCC(=O)NC3CCCC3)=NC(c3cccs3)=NC2=[N+](C)C1=O. The molecule has 152 valence electrons. The number of urea groups is 1. The molecule has 0 saturated heterocycles. The molecule has 1 atom stereocenters. The number of hydrogen-bond donors (Lipinski definition) is 1. The molecule has 0 bridgehead atoms. The smallest absolute Gasteiger partial charge is 0.353 e. The van der Waals surface area contributed by atoms with Crippen LogP contribution >= 0.6 is 23.1 Å². The van der Waals surface area contributed by atoms with Gasteiger partial charge in [0.1, 0.15) is 5.04 Å². The first-order valence-corrected chi connectivity index (χ1v) is 11.4. The molecule has 8 nitrogen and oxygen atoms in total. The third-order valence-corrected chi connectivity index (χ3v) is 7.14. The number of imide groups is 1. The molecular formula is C19H22N5O3S2+. The Kier molecular flexibility index (Phi) is 5.64. The van der Waals surface area contributed by atoms with Crippen LogP contribution in [0.25, 0.3) is 0 Å². The van der Waals surface area contributed by atoms with Crippen LogP contribution in [-0.4, -0.2) is 69.9 Å². The lowest BCUT2D eigenvalue weighted by Crippen LogP contribution is -2.54. The van der Waals surface area contributed by atoms with E-state index in [-0.39, 0.29) is 23.6 Å². The fourth-order valence-corrected chi connectivity index (χ4v) is 5.23. The number of hydrogen-bond acceptors (Lipinski definition) is 7. The fourth-order valence-electron chi connectivity index (χ4n) is 3.68. The number of nitrogens with one attached hydrogen (secondary N) is 1. The van der Waals surface area contributed by atoms with Crippen LogP contribution in [-0.2, 0) is 9.59 Å². The molecular weight excluding hydrogens is 410 g/mol. The van der Waals surface area contributed by atoms with E-state index < -0.39 is 11.9 Å². The maximum atomic E-state index is 12.8. The lowest BCUT2D eigenvalue weighted by Gasteiger charge is -2.26. The Morgan fingerprint density at radius 2 is 2.10 bits per heavy atom. The Morgan fingerprint density at radius 3 is 2.79 bits per heavy atom. The Labute approximate surface area is 176 Å². The molecule has 10 heteroatoms. The van der Waals surface area contributed by atoms with Gasteiger partial charge in [0, 0.05) is 6.04 Å². The highest BCUT2D eigenvalue weighted by molar-refractivity contribution is 8.14. The first-order chi connectivity index (χ1) is 14.0. The van der Waals surface area contributed by atoms with Crippen molar-refractivity contribution in [3.8, 4) is 0 Å². The highest BCUT2D eigenvalue weighted by Gasteiger charge is 2.49. The molecule has 4 amide bonds. The van der Waals surface area contributed by atoms with Crippen molar-refractivity contribution in [2.45, 2.75) is 31.7 Å². The van der Waals surface area contributed by atoms with E-state index in [0.717, 1.165) is 35.5 Å². The van der Waals surface area contributed by atoms with E-state index in [1.807, 2.05) is 17.5 Å². The summed E-state index contributed by atoms with van der Waals surface area (Å²) in [6.45, 7) is 0. The van der Waals surface area contributed by atoms with Gasteiger partial charge < -0.3 is 5.32 Å². The van der Waals surface area contributed by atoms with Gasteiger partial charge in [-0.2, -0.15) is 9.48 Å². The summed E-state index contributed by atoms with van der Waals surface area (Å²) in [5.41, 5.74) is 0. The van der Waals surface area contributed by atoms with Crippen molar-refractivity contribution < 1.29 is 19.0 Å². The number of thiophene rings is 1. The molecule has 1 N–H and O–H groups in total. The molecule has 1 unspecified atom stereocenters. The van der Waals surface area contributed by atoms with Crippen LogP contribution in [0.5, 0.6) is 0 Å². The van der Waals surface area contributed by atoms with Crippen LogP contribution in [0.3, 0.4) is 0 Å². The molecule has 1 aromatic heterocycles. The zero-order valence-electron chi connectivity index (χ0n) is 16.3. The van der Waals surface area contributed by atoms with Crippen LogP contribution in [0.1, 0.15) is 30.6 Å². The van der Waals surface area contributed by atoms with Crippen molar-refractivity contribution in [1.29, 1.82) is 0 Å². The first-order valence-electron chi connectivity index (χ1n) is 9.51. The van der Waals surface area contributed by atoms with Crippen molar-refractivity contribution in [2.24, 2.45) is 15.9 Å². The lowest BCUT2D eigenvalue weighted by molar-refractivity contribution is -0.407. The topological polar surface area (TPSA) is 94.2 Å². The minimum atomic E-state index is -0.768. The monoisotopic (exact) mass is 432 g/mol. The van der Waals surface area contributed by atoms with Gasteiger partial charge in [-0.15, -0.1) is 11.3 Å². The normalized spacial score (nSPS) is 22.6. The Hall–Kier alpha value is -2.33. The van der Waals surface area contributed by atoms with Gasteiger partial charge >= 0.3 is 11.9 Å². The molecule has 0 radical (unpaired) electrons. The van der Waals surface area contributed by atoms with E-state index >= 15 is 0 Å². The molecule has 1 fully saturated rings. The second kappa shape index (κ2) is 8.19. The Bertz CT molecular complexity index is 945. The molecule has 1 aromatic rings. The van der Waals surface area contributed by atoms with Crippen molar-refractivity contribution in [3.63, 3.8) is 0 Å². The van der Waals surface area contributed by atoms with E-state index in [9.17, 15) is 14.4 Å². The zero-order valence-corrected chi connectivity index (χ0v) is 17.9. The molecule has 29 heavy (non-hydrogen) atoms. The summed E-state index contributed by atoms with van der Waals surface area (Å²) in [4.78, 5) is 48.7. The van der Waals surface area contributed by atoms with Crippen LogP contribution < -0.4 is 5.32 Å². The summed E-state index contributed by atoms with van der Waals surface area (Å²) in [6.07, 6.45) is 4.33. The molecule has 0 spiro atoms. The number of fused-ring (bicyclic) bond motifs is 1. The van der Waals surface area contributed by atoms with Gasteiger partial charge in [-0.05, 0) is 24.3 Å². The Balaban J connectivity index is 1.61. The molecule has 1 saturated carbocycles. The number of amidine groups is 2. The van der Waals surface area contributed by atoms with E-state index in [1.54, 1.807) is 7.05 Å². The maximum Gasteiger partial charge on any atom is 0.445 e. The molecule has 3 heterocycles. The standard InChI is InChI=1S/C19H21N5O3S2/c1-23-16-14(18(26)24(2)19(23)27)17(22-15(21-16)12-8-5-9-28-12)29-10-13(25)20-11-6-3-4-7-11/h5,8-9,11,14H,3-4,6-7,10H2,1-2H3/p+1. The summed E-state index contributed by atoms with van der Waals surface area (Å²) in [6, 6.07) is 3.60. The van der Waals surface area contributed by atoms with Gasteiger partial charge in [-0.1, -0.05) is 35.7 Å². The number of carbonyl (C=O) groups is 3. The Morgan fingerprint density at radius 1 is 1.34 bits per heavy atom. The molecule has 3 aliphatic rings. The van der Waals surface area contributed by atoms with E-state index in [0.29, 0.717) is 16.7 Å². The van der Waals surface area contributed by atoms with Gasteiger partial charge in [-0.3, -0.25) is 9.59 Å². The van der Waals surface area contributed by atoms with Gasteiger partial charge in [0.05, 0.1) is 24.7 Å². The number of amides is 4. The van der Waals surface area contributed by atoms with Crippen molar-refractivity contribution in [2.75, 3.05) is 19.8 Å². The van der Waals surface area contributed by atoms with Gasteiger partial charge in [0.25, 0.3) is 5.84 Å². The third kappa shape index (κ3) is 3.91. The number of carbonyl (C=O) groups excluding carboxylic acids is 3. The quantitative estimate of drug-likeness (QED) is 0.736. The number of thioether (sulfide) groups is 1. The minimum Gasteiger partial charge on any atom is -0.353 e. The van der Waals surface area contributed by atoms with E-state index in [1.165, 1.54) is 34.7 Å². The van der Waals surface area contributed by atoms with Crippen molar-refractivity contribution in [3.05, 3.63) is 22.4 Å². The second-order valence-corrected chi connectivity index (χ2v) is 9.17. The first kappa shape index (κ1) is 20.0. The number of nitrogens with zero attached hydrogens (tertiary/aromatic N) is 4. The average molecular weight is 433 g/mol. The van der Waals surface area contributed by atoms with Crippen LogP contribution in [0.4, 0.5) is 4.79 Å². The third-order valence-electron chi connectivity index (χ3n) is 5.25. The highest BCUT2D eigenvalue weighted by atomic mass is 32.2. The predicted molar refractivity (Wildman–Crippen MR) is 114 cm³/mol. The van der Waals surface area contributed by atoms with E-state index in [4.69, 9.17) is 0 Å². The summed E-state index contributed by atoms with van der Waals surface area (Å²) >= 11 is 2.72. The zero-order chi connectivity index (χ0) is 20.5. The van der Waals surface area contributed by atoms with Gasteiger partial charge in [0.2, 0.25) is 11.7 Å². The van der Waals surface area contributed by atoms with Crippen molar-refractivity contribution >= 4 is 57.7 Å². The summed E-state index contributed by atoms with van der Waals surface area (Å²) < 4.78 is 1.38. The molecule has 2 aliphatic heterocycles. The summed E-state index contributed by atoms with van der Waals surface area (Å²) in [5, 5.41) is 5.47. The van der Waals surface area contributed by atoms with E-state index in [2.05, 4.69) is 15.3 Å². The number of aliphatic imine (C=N–C) groups is 2. The van der Waals surface area contributed by atoms with Crippen LogP contribution in [0.2, 0.25) is 0 Å². The average Bonchev–Trinajstić information content (AvgIpc) is 3.42. The second-order valence-electron chi connectivity index (χ2n) is 7.23. The van der Waals surface area contributed by atoms with Crippen molar-refractivity contribution in [1.82, 2.24) is 10.2 Å². The van der Waals surface area contributed by atoms with Gasteiger partial charge in [0.15, 0.2) is 5.92 Å². The van der Waals surface area contributed by atoms with Crippen LogP contribution in [0.15, 0.2) is 27.5 Å². The molecule has 0 aromatic carbocycles. The maximum absolute atomic E-state index is 12.8. The highest BCUT2D eigenvalue weighted by Crippen LogP contribution is 2.27. The predicted octanol–water partition coefficient (Wildman–Crippen LogP) is 1.95. The lowest BCUT2D eigenvalue weighted by atomic mass is 10.0. The largest absolute Gasteiger partial charge is 0.445 e. The van der Waals surface area contributed by atoms with Crippen LogP contribution in [0, 0.1) is 5.92 Å². The van der Waals surface area contributed by atoms with Gasteiger partial charge in [-0.25, -0.2) is 9.79 Å².